The summed E-state index contributed by atoms with van der Waals surface area (Å²) in [6.07, 6.45) is -2.04. The zero-order valence-electron chi connectivity index (χ0n) is 14.3. The molecule has 2 atom stereocenters. The molecule has 8 nitrogen and oxygen atoms in total. The highest BCUT2D eigenvalue weighted by molar-refractivity contribution is 6.53. The Morgan fingerprint density at radius 2 is 1.13 bits per heavy atom. The van der Waals surface area contributed by atoms with Crippen LogP contribution in [0.4, 0.5) is 0 Å². The van der Waals surface area contributed by atoms with E-state index < -0.39 is 33.6 Å². The molecule has 0 amide bonds. The largest absolute Gasteiger partial charge is 0.684 e. The Hall–Kier alpha value is -1.52. The predicted molar refractivity (Wildman–Crippen MR) is 82.7 cm³/mol. The van der Waals surface area contributed by atoms with Crippen LogP contribution in [0.3, 0.4) is 0 Å². The minimum absolute atomic E-state index is 0.215. The van der Waals surface area contributed by atoms with Gasteiger partial charge < -0.3 is 27.2 Å². The van der Waals surface area contributed by atoms with Crippen LogP contribution in [0.15, 0.2) is 24.3 Å². The molecule has 0 aliphatic rings. The number of carbonyl (C=O) groups excluding carboxylic acids is 2. The zero-order chi connectivity index (χ0) is 18.2. The number of esters is 2. The molecule has 0 aromatic rings. The highest BCUT2D eigenvalue weighted by Gasteiger charge is 2.48. The molecule has 9 heteroatoms. The van der Waals surface area contributed by atoms with Crippen LogP contribution in [0.5, 0.6) is 0 Å². The summed E-state index contributed by atoms with van der Waals surface area (Å²) in [5, 5.41) is 0. The molecule has 0 rings (SSSR count). The molecule has 0 radical (unpaired) electrons. The van der Waals surface area contributed by atoms with Crippen LogP contribution in [0, 0.1) is 0 Å². The maximum atomic E-state index is 11.5. The lowest BCUT2D eigenvalue weighted by Crippen LogP contribution is -2.52. The first-order valence-electron chi connectivity index (χ1n) is 6.75. The zero-order valence-corrected chi connectivity index (χ0v) is 15.3. The lowest BCUT2D eigenvalue weighted by atomic mass is 10.4. The number of hydrogen-bond acceptors (Lipinski definition) is 8. The molecule has 0 heterocycles. The summed E-state index contributed by atoms with van der Waals surface area (Å²) >= 11 is 0. The molecular formula is C14H24O8Si. The molecule has 0 aliphatic carbocycles. The molecule has 0 N–H and O–H groups in total. The van der Waals surface area contributed by atoms with E-state index >= 15 is 0 Å². The Balaban J connectivity index is 4.84. The van der Waals surface area contributed by atoms with E-state index in [1.165, 1.54) is 41.9 Å². The normalized spacial score (nSPS) is 13.8. The van der Waals surface area contributed by atoms with E-state index in [1.807, 2.05) is 0 Å². The van der Waals surface area contributed by atoms with Gasteiger partial charge in [-0.05, 0) is 27.7 Å². The quantitative estimate of drug-likeness (QED) is 0.255. The lowest BCUT2D eigenvalue weighted by Gasteiger charge is -2.29. The fraction of sp³-hybridized carbons (Fsp3) is 0.571. The van der Waals surface area contributed by atoms with Crippen molar-refractivity contribution in [1.29, 1.82) is 0 Å². The number of hydrogen-bond donors (Lipinski definition) is 0. The van der Waals surface area contributed by atoms with Crippen LogP contribution in [0.25, 0.3) is 0 Å². The summed E-state index contributed by atoms with van der Waals surface area (Å²) < 4.78 is 31.2. The summed E-state index contributed by atoms with van der Waals surface area (Å²) in [4.78, 5) is 22.9. The first-order chi connectivity index (χ1) is 10.6. The number of carbonyl (C=O) groups is 2. The van der Waals surface area contributed by atoms with Gasteiger partial charge >= 0.3 is 21.0 Å². The van der Waals surface area contributed by atoms with Gasteiger partial charge in [-0.3, -0.25) is 0 Å². The van der Waals surface area contributed by atoms with Crippen molar-refractivity contribution >= 4 is 21.0 Å². The van der Waals surface area contributed by atoms with Gasteiger partial charge in [-0.15, -0.1) is 0 Å². The van der Waals surface area contributed by atoms with Crippen molar-refractivity contribution in [2.24, 2.45) is 0 Å². The number of rotatable bonds is 10. The van der Waals surface area contributed by atoms with Crippen LogP contribution < -0.4 is 0 Å². The van der Waals surface area contributed by atoms with Crippen LogP contribution in [0.2, 0.25) is 0 Å². The van der Waals surface area contributed by atoms with Gasteiger partial charge in [0.1, 0.15) is 0 Å². The molecule has 0 aliphatic heterocycles. The molecule has 23 heavy (non-hydrogen) atoms. The van der Waals surface area contributed by atoms with Gasteiger partial charge in [0, 0.05) is 25.4 Å². The van der Waals surface area contributed by atoms with E-state index in [2.05, 4.69) is 13.2 Å². The van der Waals surface area contributed by atoms with Crippen molar-refractivity contribution < 1.29 is 36.8 Å². The molecule has 0 saturated heterocycles. The summed E-state index contributed by atoms with van der Waals surface area (Å²) in [6.45, 7) is 12.9. The maximum absolute atomic E-state index is 11.5. The van der Waals surface area contributed by atoms with E-state index in [0.717, 1.165) is 0 Å². The van der Waals surface area contributed by atoms with Crippen LogP contribution in [-0.4, -0.2) is 47.8 Å². The summed E-state index contributed by atoms with van der Waals surface area (Å²) in [5.74, 6) is -1.26. The van der Waals surface area contributed by atoms with E-state index in [9.17, 15) is 9.59 Å². The van der Waals surface area contributed by atoms with E-state index in [1.54, 1.807) is 0 Å². The van der Waals surface area contributed by atoms with Gasteiger partial charge in [-0.25, -0.2) is 9.59 Å². The second kappa shape index (κ2) is 9.58. The SMILES string of the molecule is C=C(C)C(=O)OC(C)O[Si](OC)(OC)OC(C)OC(=O)C(=C)C. The highest BCUT2D eigenvalue weighted by atomic mass is 28.4. The summed E-state index contributed by atoms with van der Waals surface area (Å²) in [5.41, 5.74) is 0.430. The van der Waals surface area contributed by atoms with Gasteiger partial charge in [0.05, 0.1) is 0 Å². The van der Waals surface area contributed by atoms with Gasteiger partial charge in [0.25, 0.3) is 0 Å². The Morgan fingerprint density at radius 3 is 1.35 bits per heavy atom. The van der Waals surface area contributed by atoms with Crippen LogP contribution in [0.1, 0.15) is 27.7 Å². The Labute approximate surface area is 137 Å². The third kappa shape index (κ3) is 7.53. The van der Waals surface area contributed by atoms with Crippen molar-refractivity contribution in [3.63, 3.8) is 0 Å². The Kier molecular flexibility index (Phi) is 8.94. The average molecular weight is 348 g/mol. The van der Waals surface area contributed by atoms with Crippen LogP contribution in [-0.2, 0) is 36.8 Å². The Morgan fingerprint density at radius 1 is 0.826 bits per heavy atom. The third-order valence-corrected chi connectivity index (χ3v) is 4.60. The minimum Gasteiger partial charge on any atom is -0.434 e. The van der Waals surface area contributed by atoms with Gasteiger partial charge in [0.2, 0.25) is 0 Å². The molecule has 0 fully saturated rings. The van der Waals surface area contributed by atoms with E-state index in [-0.39, 0.29) is 11.1 Å². The molecule has 0 saturated carbocycles. The van der Waals surface area contributed by atoms with E-state index in [4.69, 9.17) is 27.2 Å². The van der Waals surface area contributed by atoms with Crippen molar-refractivity contribution in [3.8, 4) is 0 Å². The van der Waals surface area contributed by atoms with E-state index in [0.29, 0.717) is 0 Å². The molecule has 132 valence electrons. The molecule has 0 bridgehead atoms. The molecule has 0 aromatic carbocycles. The van der Waals surface area contributed by atoms with Crippen molar-refractivity contribution in [1.82, 2.24) is 0 Å². The smallest absolute Gasteiger partial charge is 0.434 e. The van der Waals surface area contributed by atoms with Crippen LogP contribution >= 0.6 is 0 Å². The van der Waals surface area contributed by atoms with Crippen molar-refractivity contribution in [2.45, 2.75) is 40.3 Å². The summed E-state index contributed by atoms with van der Waals surface area (Å²) in [6, 6.07) is 0. The fourth-order valence-corrected chi connectivity index (χ4v) is 2.78. The predicted octanol–water partition coefficient (Wildman–Crippen LogP) is 1.68. The first-order valence-corrected chi connectivity index (χ1v) is 8.39. The second-order valence-corrected chi connectivity index (χ2v) is 6.94. The third-order valence-electron chi connectivity index (χ3n) is 2.36. The molecular weight excluding hydrogens is 324 g/mol. The van der Waals surface area contributed by atoms with Crippen molar-refractivity contribution in [2.75, 3.05) is 14.2 Å². The van der Waals surface area contributed by atoms with Gasteiger partial charge in [0.15, 0.2) is 12.6 Å². The van der Waals surface area contributed by atoms with Gasteiger partial charge in [-0.2, -0.15) is 0 Å². The maximum Gasteiger partial charge on any atom is 0.684 e. The number of ether oxygens (including phenoxy) is 2. The first kappa shape index (κ1) is 21.5. The second-order valence-electron chi connectivity index (χ2n) is 4.65. The van der Waals surface area contributed by atoms with Crippen molar-refractivity contribution in [3.05, 3.63) is 24.3 Å². The average Bonchev–Trinajstić information content (AvgIpc) is 2.45. The summed E-state index contributed by atoms with van der Waals surface area (Å²) in [7, 11) is -1.08. The topological polar surface area (TPSA) is 89.5 Å². The molecule has 0 aromatic heterocycles. The monoisotopic (exact) mass is 348 g/mol. The molecule has 2 unspecified atom stereocenters. The lowest BCUT2D eigenvalue weighted by molar-refractivity contribution is -0.186. The standard InChI is InChI=1S/C14H24O8Si/c1-9(2)13(15)19-11(5)21-23(17-7,18-8)22-12(6)20-14(16)10(3)4/h11-12H,1,3H2,2,4-8H3. The highest BCUT2D eigenvalue weighted by Crippen LogP contribution is 2.17. The van der Waals surface area contributed by atoms with Gasteiger partial charge in [-0.1, -0.05) is 13.2 Å². The fourth-order valence-electron chi connectivity index (χ4n) is 1.26. The Bertz CT molecular complexity index is 420. The molecule has 0 spiro atoms. The minimum atomic E-state index is -3.69.